The Morgan fingerprint density at radius 3 is 2.68 bits per heavy atom. The maximum Gasteiger partial charge on any atom is 0.342 e. The number of hydrogen-bond acceptors (Lipinski definition) is 6. The van der Waals surface area contributed by atoms with Gasteiger partial charge in [-0.2, -0.15) is 0 Å². The van der Waals surface area contributed by atoms with Gasteiger partial charge in [-0.1, -0.05) is 12.1 Å². The fourth-order valence-electron chi connectivity index (χ4n) is 2.34. The van der Waals surface area contributed by atoms with Gasteiger partial charge in [0.15, 0.2) is 11.5 Å². The normalized spacial score (nSPS) is 10.5. The molecule has 2 rings (SSSR count). The smallest absolute Gasteiger partial charge is 0.342 e. The van der Waals surface area contributed by atoms with Crippen LogP contribution in [0.15, 0.2) is 34.0 Å². The van der Waals surface area contributed by atoms with Gasteiger partial charge in [-0.05, 0) is 6.07 Å². The van der Waals surface area contributed by atoms with E-state index >= 15 is 0 Å². The second kappa shape index (κ2) is 8.15. The number of aromatic amines is 1. The third kappa shape index (κ3) is 4.27. The molecular formula is C16H19N3O6. The molecule has 1 aromatic carbocycles. The van der Waals surface area contributed by atoms with Gasteiger partial charge in [-0.15, -0.1) is 0 Å². The van der Waals surface area contributed by atoms with Crippen LogP contribution in [0.25, 0.3) is 0 Å². The van der Waals surface area contributed by atoms with E-state index in [1.165, 1.54) is 0 Å². The van der Waals surface area contributed by atoms with Gasteiger partial charge >= 0.3 is 11.7 Å². The van der Waals surface area contributed by atoms with Crippen LogP contribution in [0.2, 0.25) is 0 Å². The number of nitrogens with one attached hydrogen (secondary N) is 2. The summed E-state index contributed by atoms with van der Waals surface area (Å²) >= 11 is 0. The first kappa shape index (κ1) is 18.3. The molecule has 9 heteroatoms. The van der Waals surface area contributed by atoms with E-state index in [1.54, 1.807) is 20.3 Å². The quantitative estimate of drug-likeness (QED) is 0.575. The van der Waals surface area contributed by atoms with Crippen molar-refractivity contribution in [3.05, 3.63) is 56.4 Å². The highest BCUT2D eigenvalue weighted by Crippen LogP contribution is 2.30. The molecule has 134 valence electrons. The van der Waals surface area contributed by atoms with Crippen molar-refractivity contribution >= 4 is 5.97 Å². The van der Waals surface area contributed by atoms with Crippen molar-refractivity contribution in [2.45, 2.75) is 13.1 Å². The summed E-state index contributed by atoms with van der Waals surface area (Å²) in [5.74, 6) is -0.152. The molecule has 0 aliphatic rings. The number of para-hydroxylation sites is 1. The minimum atomic E-state index is -1.39. The van der Waals surface area contributed by atoms with E-state index in [-0.39, 0.29) is 6.54 Å². The van der Waals surface area contributed by atoms with Crippen LogP contribution >= 0.6 is 0 Å². The predicted octanol–water partition coefficient (Wildman–Crippen LogP) is 0.0418. The number of rotatable bonds is 8. The zero-order valence-electron chi connectivity index (χ0n) is 13.9. The topological polar surface area (TPSA) is 123 Å². The SMILES string of the molecule is COc1cccc(CNCCn2cc(C(=O)O)c(=O)[nH]c2=O)c1OC. The minimum absolute atomic E-state index is 0.197. The third-order valence-electron chi connectivity index (χ3n) is 3.57. The molecule has 0 fully saturated rings. The summed E-state index contributed by atoms with van der Waals surface area (Å²) in [6.45, 7) is 1.04. The van der Waals surface area contributed by atoms with Crippen molar-refractivity contribution in [1.29, 1.82) is 0 Å². The summed E-state index contributed by atoms with van der Waals surface area (Å²) in [4.78, 5) is 36.0. The lowest BCUT2D eigenvalue weighted by molar-refractivity contribution is 0.0693. The number of aromatic carboxylic acids is 1. The van der Waals surface area contributed by atoms with Gasteiger partial charge in [0.05, 0.1) is 14.2 Å². The summed E-state index contributed by atoms with van der Waals surface area (Å²) in [6, 6.07) is 5.50. The Bertz CT molecular complexity index is 871. The molecule has 1 heterocycles. The summed E-state index contributed by atoms with van der Waals surface area (Å²) in [6.07, 6.45) is 1.04. The standard InChI is InChI=1S/C16H19N3O6/c1-24-12-5-3-4-10(13(12)25-2)8-17-6-7-19-9-11(15(21)22)14(20)18-16(19)23/h3-5,9,17H,6-8H2,1-2H3,(H,21,22)(H,18,20,23). The van der Waals surface area contributed by atoms with Gasteiger partial charge in [0.2, 0.25) is 0 Å². The molecule has 1 aromatic heterocycles. The van der Waals surface area contributed by atoms with Crippen LogP contribution in [-0.4, -0.2) is 41.4 Å². The van der Waals surface area contributed by atoms with E-state index in [9.17, 15) is 14.4 Å². The van der Waals surface area contributed by atoms with Crippen molar-refractivity contribution in [3.63, 3.8) is 0 Å². The number of H-pyrrole nitrogens is 1. The summed E-state index contributed by atoms with van der Waals surface area (Å²) < 4.78 is 11.7. The zero-order valence-corrected chi connectivity index (χ0v) is 13.9. The van der Waals surface area contributed by atoms with Crippen molar-refractivity contribution in [1.82, 2.24) is 14.9 Å². The first-order chi connectivity index (χ1) is 12.0. The average molecular weight is 349 g/mol. The average Bonchev–Trinajstić information content (AvgIpc) is 2.59. The first-order valence-electron chi connectivity index (χ1n) is 7.45. The number of aromatic nitrogens is 2. The Balaban J connectivity index is 2.03. The van der Waals surface area contributed by atoms with Crippen molar-refractivity contribution in [3.8, 4) is 11.5 Å². The van der Waals surface area contributed by atoms with E-state index in [2.05, 4.69) is 5.32 Å². The number of ether oxygens (including phenoxy) is 2. The number of carbonyl (C=O) groups is 1. The molecule has 0 atom stereocenters. The molecule has 3 N–H and O–H groups in total. The van der Waals surface area contributed by atoms with Crippen LogP contribution in [0.4, 0.5) is 0 Å². The fraction of sp³-hybridized carbons (Fsp3) is 0.312. The molecule has 2 aromatic rings. The van der Waals surface area contributed by atoms with Gasteiger partial charge in [0.1, 0.15) is 5.56 Å². The summed E-state index contributed by atoms with van der Waals surface area (Å²) in [5, 5.41) is 12.1. The Kier molecular flexibility index (Phi) is 5.96. The lowest BCUT2D eigenvalue weighted by Gasteiger charge is -2.13. The lowest BCUT2D eigenvalue weighted by Crippen LogP contribution is -2.35. The van der Waals surface area contributed by atoms with E-state index in [4.69, 9.17) is 14.6 Å². The number of benzene rings is 1. The molecular weight excluding hydrogens is 330 g/mol. The van der Waals surface area contributed by atoms with Crippen LogP contribution in [-0.2, 0) is 13.1 Å². The Hall–Kier alpha value is -3.07. The Morgan fingerprint density at radius 2 is 2.04 bits per heavy atom. The molecule has 0 bridgehead atoms. The van der Waals surface area contributed by atoms with Gasteiger partial charge < -0.3 is 19.9 Å². The molecule has 9 nitrogen and oxygen atoms in total. The number of carboxylic acids is 1. The molecule has 0 aliphatic heterocycles. The van der Waals surface area contributed by atoms with Crippen LogP contribution < -0.4 is 26.0 Å². The van der Waals surface area contributed by atoms with Gasteiger partial charge in [-0.3, -0.25) is 14.3 Å². The highest BCUT2D eigenvalue weighted by Gasteiger charge is 2.12. The Morgan fingerprint density at radius 1 is 1.28 bits per heavy atom. The molecule has 0 unspecified atom stereocenters. The van der Waals surface area contributed by atoms with Crippen LogP contribution in [0.5, 0.6) is 11.5 Å². The van der Waals surface area contributed by atoms with Crippen LogP contribution in [0.1, 0.15) is 15.9 Å². The van der Waals surface area contributed by atoms with Crippen molar-refractivity contribution in [2.24, 2.45) is 0 Å². The van der Waals surface area contributed by atoms with Crippen molar-refractivity contribution < 1.29 is 19.4 Å². The molecule has 0 saturated carbocycles. The zero-order chi connectivity index (χ0) is 18.4. The lowest BCUT2D eigenvalue weighted by atomic mass is 10.2. The van der Waals surface area contributed by atoms with Gasteiger partial charge in [0, 0.05) is 31.4 Å². The molecule has 0 spiro atoms. The van der Waals surface area contributed by atoms with E-state index in [0.29, 0.717) is 24.6 Å². The first-order valence-corrected chi connectivity index (χ1v) is 7.45. The number of hydrogen-bond donors (Lipinski definition) is 3. The summed E-state index contributed by atoms with van der Waals surface area (Å²) in [5.41, 5.74) is -1.17. The van der Waals surface area contributed by atoms with E-state index < -0.39 is 22.8 Å². The fourth-order valence-corrected chi connectivity index (χ4v) is 2.34. The highest BCUT2D eigenvalue weighted by atomic mass is 16.5. The summed E-state index contributed by atoms with van der Waals surface area (Å²) in [7, 11) is 3.10. The molecule has 25 heavy (non-hydrogen) atoms. The number of methoxy groups -OCH3 is 2. The number of carboxylic acid groups (broad SMARTS) is 1. The van der Waals surface area contributed by atoms with E-state index in [1.807, 2.05) is 17.1 Å². The van der Waals surface area contributed by atoms with Crippen LogP contribution in [0, 0.1) is 0 Å². The maximum atomic E-state index is 11.7. The van der Waals surface area contributed by atoms with Gasteiger partial charge in [-0.25, -0.2) is 9.59 Å². The Labute approximate surface area is 142 Å². The maximum absolute atomic E-state index is 11.7. The van der Waals surface area contributed by atoms with E-state index in [0.717, 1.165) is 16.3 Å². The minimum Gasteiger partial charge on any atom is -0.493 e. The predicted molar refractivity (Wildman–Crippen MR) is 89.5 cm³/mol. The molecule has 0 amide bonds. The molecule has 0 radical (unpaired) electrons. The van der Waals surface area contributed by atoms with Gasteiger partial charge in [0.25, 0.3) is 5.56 Å². The second-order valence-corrected chi connectivity index (χ2v) is 5.13. The molecule has 0 aliphatic carbocycles. The monoisotopic (exact) mass is 349 g/mol. The third-order valence-corrected chi connectivity index (χ3v) is 3.57. The second-order valence-electron chi connectivity index (χ2n) is 5.13. The largest absolute Gasteiger partial charge is 0.493 e. The van der Waals surface area contributed by atoms with Crippen molar-refractivity contribution in [2.75, 3.05) is 20.8 Å². The highest BCUT2D eigenvalue weighted by molar-refractivity contribution is 5.86. The number of nitrogens with zero attached hydrogens (tertiary/aromatic N) is 1. The molecule has 0 saturated heterocycles. The van der Waals surface area contributed by atoms with Crippen LogP contribution in [0.3, 0.4) is 0 Å².